The van der Waals surface area contributed by atoms with Gasteiger partial charge in [-0.15, -0.1) is 5.10 Å². The molecule has 1 aliphatic rings. The van der Waals surface area contributed by atoms with Crippen LogP contribution in [-0.2, 0) is 6.54 Å². The second kappa shape index (κ2) is 8.65. The summed E-state index contributed by atoms with van der Waals surface area (Å²) in [7, 11) is 0. The number of carbonyl (C=O) groups excluding carboxylic acids is 1. The normalized spacial score (nSPS) is 16.5. The summed E-state index contributed by atoms with van der Waals surface area (Å²) in [5.74, 6) is -0.346. The summed E-state index contributed by atoms with van der Waals surface area (Å²) in [5, 5.41) is 24.0. The molecule has 0 radical (unpaired) electrons. The molecule has 1 saturated heterocycles. The van der Waals surface area contributed by atoms with Gasteiger partial charge in [0.25, 0.3) is 5.91 Å². The van der Waals surface area contributed by atoms with Gasteiger partial charge < -0.3 is 15.7 Å². The Bertz CT molecular complexity index is 670. The van der Waals surface area contributed by atoms with Crippen LogP contribution in [-0.4, -0.2) is 75.2 Å². The van der Waals surface area contributed by atoms with Crippen LogP contribution in [0.25, 0.3) is 0 Å². The third kappa shape index (κ3) is 5.05. The van der Waals surface area contributed by atoms with E-state index < -0.39 is 6.10 Å². The van der Waals surface area contributed by atoms with Crippen LogP contribution in [0.1, 0.15) is 22.2 Å². The Hall–Kier alpha value is -2.36. The molecule has 0 spiro atoms. The van der Waals surface area contributed by atoms with Gasteiger partial charge in [-0.1, -0.05) is 5.21 Å². The summed E-state index contributed by atoms with van der Waals surface area (Å²) < 4.78 is 1.68. The van der Waals surface area contributed by atoms with Crippen LogP contribution in [0.5, 0.6) is 0 Å². The van der Waals surface area contributed by atoms with E-state index in [1.54, 1.807) is 35.4 Å². The number of nitrogens with zero attached hydrogens (tertiary/aromatic N) is 5. The molecule has 3 N–H and O–H groups in total. The maximum absolute atomic E-state index is 12.1. The molecule has 9 heteroatoms. The van der Waals surface area contributed by atoms with Crippen LogP contribution in [0, 0.1) is 0 Å². The van der Waals surface area contributed by atoms with E-state index >= 15 is 0 Å². The number of nitrogens with one attached hydrogen (secondary N) is 2. The highest BCUT2D eigenvalue weighted by Gasteiger charge is 2.14. The highest BCUT2D eigenvalue weighted by Crippen LogP contribution is 2.09. The SMILES string of the molecule is O=C(NC[C@H](O)c1ccncc1)c1cn(CCN2CCNCC2)nn1. The van der Waals surface area contributed by atoms with Gasteiger partial charge in [-0.05, 0) is 17.7 Å². The highest BCUT2D eigenvalue weighted by atomic mass is 16.3. The number of amides is 1. The average Bonchev–Trinajstić information content (AvgIpc) is 3.15. The number of aliphatic hydroxyl groups is 1. The smallest absolute Gasteiger partial charge is 0.273 e. The first-order chi connectivity index (χ1) is 12.2. The van der Waals surface area contributed by atoms with Gasteiger partial charge in [-0.2, -0.15) is 0 Å². The van der Waals surface area contributed by atoms with Gasteiger partial charge in [-0.3, -0.25) is 19.4 Å². The van der Waals surface area contributed by atoms with Gasteiger partial charge in [0.05, 0.1) is 18.8 Å². The summed E-state index contributed by atoms with van der Waals surface area (Å²) in [6.07, 6.45) is 4.06. The van der Waals surface area contributed by atoms with E-state index in [1.165, 1.54) is 0 Å². The molecule has 2 aromatic heterocycles. The number of aliphatic hydroxyl groups excluding tert-OH is 1. The predicted molar refractivity (Wildman–Crippen MR) is 90.9 cm³/mol. The first kappa shape index (κ1) is 17.5. The largest absolute Gasteiger partial charge is 0.387 e. The topological polar surface area (TPSA) is 108 Å². The predicted octanol–water partition coefficient (Wildman–Crippen LogP) is -0.958. The average molecular weight is 345 g/mol. The Kier molecular flexibility index (Phi) is 6.04. The standard InChI is InChI=1S/C16H23N7O2/c24-15(13-1-3-17-4-2-13)11-19-16(25)14-12-23(21-20-14)10-9-22-7-5-18-6-8-22/h1-4,12,15,18,24H,5-11H2,(H,19,25)/t15-/m0/s1. The van der Waals surface area contributed by atoms with Crippen molar-refractivity contribution in [3.05, 3.63) is 42.0 Å². The Morgan fingerprint density at radius 1 is 1.28 bits per heavy atom. The van der Waals surface area contributed by atoms with Crippen molar-refractivity contribution in [2.45, 2.75) is 12.6 Å². The summed E-state index contributed by atoms with van der Waals surface area (Å²) in [6, 6.07) is 3.42. The Morgan fingerprint density at radius 2 is 2.04 bits per heavy atom. The van der Waals surface area contributed by atoms with Gasteiger partial charge >= 0.3 is 0 Å². The molecule has 2 aromatic rings. The van der Waals surface area contributed by atoms with E-state index in [1.807, 2.05) is 0 Å². The number of rotatable bonds is 7. The number of hydrogen-bond donors (Lipinski definition) is 3. The zero-order valence-corrected chi connectivity index (χ0v) is 14.0. The lowest BCUT2D eigenvalue weighted by Gasteiger charge is -2.26. The number of aromatic nitrogens is 4. The van der Waals surface area contributed by atoms with Crippen molar-refractivity contribution in [1.29, 1.82) is 0 Å². The van der Waals surface area contributed by atoms with E-state index in [2.05, 4.69) is 30.8 Å². The molecule has 134 valence electrons. The van der Waals surface area contributed by atoms with Crippen molar-refractivity contribution in [3.8, 4) is 0 Å². The molecule has 0 saturated carbocycles. The van der Waals surface area contributed by atoms with Crippen molar-refractivity contribution in [1.82, 2.24) is 35.5 Å². The van der Waals surface area contributed by atoms with Crippen LogP contribution < -0.4 is 10.6 Å². The molecule has 9 nitrogen and oxygen atoms in total. The van der Waals surface area contributed by atoms with Gasteiger partial charge in [0, 0.05) is 51.7 Å². The molecule has 0 unspecified atom stereocenters. The van der Waals surface area contributed by atoms with Gasteiger partial charge in [0.1, 0.15) is 0 Å². The summed E-state index contributed by atoms with van der Waals surface area (Å²) in [5.41, 5.74) is 0.956. The van der Waals surface area contributed by atoms with Gasteiger partial charge in [-0.25, -0.2) is 0 Å². The Morgan fingerprint density at radius 3 is 2.80 bits per heavy atom. The fourth-order valence-corrected chi connectivity index (χ4v) is 2.67. The zero-order chi connectivity index (χ0) is 17.5. The number of carbonyl (C=O) groups is 1. The van der Waals surface area contributed by atoms with E-state index in [-0.39, 0.29) is 18.1 Å². The van der Waals surface area contributed by atoms with E-state index in [0.29, 0.717) is 12.1 Å². The van der Waals surface area contributed by atoms with E-state index in [9.17, 15) is 9.90 Å². The Labute approximate surface area is 146 Å². The second-order valence-electron chi connectivity index (χ2n) is 5.96. The van der Waals surface area contributed by atoms with Crippen LogP contribution in [0.2, 0.25) is 0 Å². The number of pyridine rings is 1. The summed E-state index contributed by atoms with van der Waals surface area (Å²) in [6.45, 7) is 5.74. The maximum Gasteiger partial charge on any atom is 0.273 e. The minimum atomic E-state index is -0.783. The molecule has 25 heavy (non-hydrogen) atoms. The summed E-state index contributed by atoms with van der Waals surface area (Å²) >= 11 is 0. The lowest BCUT2D eigenvalue weighted by Crippen LogP contribution is -2.44. The van der Waals surface area contributed by atoms with Crippen molar-refractivity contribution >= 4 is 5.91 Å². The van der Waals surface area contributed by atoms with E-state index in [0.717, 1.165) is 32.7 Å². The Balaban J connectivity index is 1.45. The molecule has 1 amide bonds. The van der Waals surface area contributed by atoms with Crippen molar-refractivity contribution in [3.63, 3.8) is 0 Å². The molecule has 0 bridgehead atoms. The summed E-state index contributed by atoms with van der Waals surface area (Å²) in [4.78, 5) is 18.4. The van der Waals surface area contributed by atoms with Crippen molar-refractivity contribution in [2.75, 3.05) is 39.3 Å². The fourth-order valence-electron chi connectivity index (χ4n) is 2.67. The molecule has 3 heterocycles. The third-order valence-electron chi connectivity index (χ3n) is 4.17. The quantitative estimate of drug-likeness (QED) is 0.593. The van der Waals surface area contributed by atoms with Crippen LogP contribution >= 0.6 is 0 Å². The molecule has 1 fully saturated rings. The van der Waals surface area contributed by atoms with Crippen LogP contribution in [0.15, 0.2) is 30.7 Å². The monoisotopic (exact) mass is 345 g/mol. The first-order valence-corrected chi connectivity index (χ1v) is 8.42. The number of piperazine rings is 1. The highest BCUT2D eigenvalue weighted by molar-refractivity contribution is 5.91. The van der Waals surface area contributed by atoms with Crippen LogP contribution in [0.3, 0.4) is 0 Å². The molecule has 1 atom stereocenters. The van der Waals surface area contributed by atoms with Gasteiger partial charge in [0.15, 0.2) is 5.69 Å². The molecule has 0 aromatic carbocycles. The molecular formula is C16H23N7O2. The van der Waals surface area contributed by atoms with Gasteiger partial charge in [0.2, 0.25) is 0 Å². The molecule has 0 aliphatic carbocycles. The lowest BCUT2D eigenvalue weighted by atomic mass is 10.1. The lowest BCUT2D eigenvalue weighted by molar-refractivity contribution is 0.0911. The fraction of sp³-hybridized carbons (Fsp3) is 0.500. The maximum atomic E-state index is 12.1. The van der Waals surface area contributed by atoms with Crippen LogP contribution in [0.4, 0.5) is 0 Å². The molecule has 1 aliphatic heterocycles. The molecular weight excluding hydrogens is 322 g/mol. The van der Waals surface area contributed by atoms with Crippen molar-refractivity contribution < 1.29 is 9.90 Å². The zero-order valence-electron chi connectivity index (χ0n) is 14.0. The molecule has 3 rings (SSSR count). The minimum absolute atomic E-state index is 0.108. The van der Waals surface area contributed by atoms with Crippen molar-refractivity contribution in [2.24, 2.45) is 0 Å². The van der Waals surface area contributed by atoms with E-state index in [4.69, 9.17) is 0 Å². The minimum Gasteiger partial charge on any atom is -0.387 e. The third-order valence-corrected chi connectivity index (χ3v) is 4.17. The first-order valence-electron chi connectivity index (χ1n) is 8.42. The number of hydrogen-bond acceptors (Lipinski definition) is 7. The second-order valence-corrected chi connectivity index (χ2v) is 5.96.